The van der Waals surface area contributed by atoms with Crippen LogP contribution >= 0.6 is 34.7 Å². The Bertz CT molecular complexity index is 551. The second-order valence-corrected chi connectivity index (χ2v) is 6.91. The van der Waals surface area contributed by atoms with Crippen LogP contribution in [0.2, 0.25) is 4.34 Å². The number of anilines is 1. The Morgan fingerprint density at radius 3 is 2.84 bits per heavy atom. The van der Waals surface area contributed by atoms with Crippen LogP contribution in [0.3, 0.4) is 0 Å². The summed E-state index contributed by atoms with van der Waals surface area (Å²) in [5, 5.41) is 3.55. The molecular formula is C15H16ClNS2. The number of thioether (sulfide) groups is 1. The molecule has 0 fully saturated rings. The van der Waals surface area contributed by atoms with Crippen molar-refractivity contribution >= 4 is 40.4 Å². The minimum absolute atomic E-state index is 0.253. The molecule has 19 heavy (non-hydrogen) atoms. The maximum absolute atomic E-state index is 5.98. The molecule has 0 aliphatic carbocycles. The predicted molar refractivity (Wildman–Crippen MR) is 88.7 cm³/mol. The van der Waals surface area contributed by atoms with Gasteiger partial charge in [0.05, 0.1) is 10.4 Å². The van der Waals surface area contributed by atoms with Crippen molar-refractivity contribution in [1.82, 2.24) is 0 Å². The summed E-state index contributed by atoms with van der Waals surface area (Å²) in [5.74, 6) is 0.915. The van der Waals surface area contributed by atoms with Crippen LogP contribution in [-0.2, 0) is 0 Å². The van der Waals surface area contributed by atoms with Gasteiger partial charge in [0, 0.05) is 21.2 Å². The summed E-state index contributed by atoms with van der Waals surface area (Å²) < 4.78 is 0.831. The van der Waals surface area contributed by atoms with E-state index in [1.54, 1.807) is 23.1 Å². The lowest BCUT2D eigenvalue weighted by Gasteiger charge is -2.16. The standard InChI is InChI=1S/C15H16ClNS2/c1-3-10-18-14-7-5-4-6-12(14)17-11(2)13-8-9-15(16)19-13/h3-9,11,17H,1,10H2,2H3. The molecule has 1 unspecified atom stereocenters. The van der Waals surface area contributed by atoms with Crippen molar-refractivity contribution in [2.75, 3.05) is 11.1 Å². The SMILES string of the molecule is C=CCSc1ccccc1NC(C)c1ccc(Cl)s1. The summed E-state index contributed by atoms with van der Waals surface area (Å²) in [6.07, 6.45) is 1.92. The largest absolute Gasteiger partial charge is 0.377 e. The average molecular weight is 310 g/mol. The molecule has 1 aromatic heterocycles. The van der Waals surface area contributed by atoms with Crippen LogP contribution in [0.1, 0.15) is 17.8 Å². The van der Waals surface area contributed by atoms with Crippen molar-refractivity contribution in [3.63, 3.8) is 0 Å². The van der Waals surface area contributed by atoms with E-state index in [9.17, 15) is 0 Å². The van der Waals surface area contributed by atoms with Gasteiger partial charge < -0.3 is 5.32 Å². The third-order valence-corrected chi connectivity index (χ3v) is 5.12. The molecule has 0 radical (unpaired) electrons. The number of hydrogen-bond donors (Lipinski definition) is 1. The van der Waals surface area contributed by atoms with E-state index in [-0.39, 0.29) is 6.04 Å². The predicted octanol–water partition coefficient (Wildman–Crippen LogP) is 5.85. The van der Waals surface area contributed by atoms with Crippen molar-refractivity contribution in [1.29, 1.82) is 0 Å². The van der Waals surface area contributed by atoms with E-state index in [0.29, 0.717) is 0 Å². The number of halogens is 1. The van der Waals surface area contributed by atoms with Crippen LogP contribution in [0.5, 0.6) is 0 Å². The van der Waals surface area contributed by atoms with E-state index in [0.717, 1.165) is 15.8 Å². The van der Waals surface area contributed by atoms with Crippen LogP contribution < -0.4 is 5.32 Å². The lowest BCUT2D eigenvalue weighted by molar-refractivity contribution is 0.902. The smallest absolute Gasteiger partial charge is 0.0932 e. The Kier molecular flexibility index (Phi) is 5.37. The van der Waals surface area contributed by atoms with Gasteiger partial charge in [0.1, 0.15) is 0 Å². The zero-order valence-electron chi connectivity index (χ0n) is 10.7. The van der Waals surface area contributed by atoms with E-state index in [2.05, 4.69) is 49.2 Å². The summed E-state index contributed by atoms with van der Waals surface area (Å²) in [6.45, 7) is 5.91. The van der Waals surface area contributed by atoms with Gasteiger partial charge in [0.15, 0.2) is 0 Å². The average Bonchev–Trinajstić information content (AvgIpc) is 2.84. The van der Waals surface area contributed by atoms with Crippen molar-refractivity contribution in [2.24, 2.45) is 0 Å². The number of benzene rings is 1. The maximum atomic E-state index is 5.98. The van der Waals surface area contributed by atoms with Crippen molar-refractivity contribution < 1.29 is 0 Å². The van der Waals surface area contributed by atoms with Gasteiger partial charge in [-0.1, -0.05) is 29.8 Å². The normalized spacial score (nSPS) is 12.1. The van der Waals surface area contributed by atoms with Gasteiger partial charge in [0.2, 0.25) is 0 Å². The molecule has 1 nitrogen and oxygen atoms in total. The minimum atomic E-state index is 0.253. The highest BCUT2D eigenvalue weighted by Crippen LogP contribution is 2.32. The number of thiophene rings is 1. The zero-order chi connectivity index (χ0) is 13.7. The number of para-hydroxylation sites is 1. The van der Waals surface area contributed by atoms with Gasteiger partial charge in [-0.2, -0.15) is 0 Å². The third-order valence-electron chi connectivity index (χ3n) is 2.64. The first-order valence-corrected chi connectivity index (χ1v) is 8.23. The molecular weight excluding hydrogens is 294 g/mol. The molecule has 0 amide bonds. The molecule has 0 spiro atoms. The molecule has 1 heterocycles. The van der Waals surface area contributed by atoms with Gasteiger partial charge in [-0.05, 0) is 31.2 Å². The summed E-state index contributed by atoms with van der Waals surface area (Å²) in [5.41, 5.74) is 1.16. The van der Waals surface area contributed by atoms with E-state index < -0.39 is 0 Å². The van der Waals surface area contributed by atoms with E-state index >= 15 is 0 Å². The van der Waals surface area contributed by atoms with Gasteiger partial charge in [-0.15, -0.1) is 29.7 Å². The molecule has 4 heteroatoms. The zero-order valence-corrected chi connectivity index (χ0v) is 13.1. The molecule has 0 bridgehead atoms. The van der Waals surface area contributed by atoms with E-state index in [1.165, 1.54) is 9.77 Å². The molecule has 1 atom stereocenters. The summed E-state index contributed by atoms with van der Waals surface area (Å²) in [6, 6.07) is 12.6. The highest BCUT2D eigenvalue weighted by molar-refractivity contribution is 7.99. The number of rotatable bonds is 6. The molecule has 1 aromatic carbocycles. The van der Waals surface area contributed by atoms with Crippen LogP contribution in [0.15, 0.2) is 53.9 Å². The van der Waals surface area contributed by atoms with Gasteiger partial charge in [0.25, 0.3) is 0 Å². The number of nitrogens with one attached hydrogen (secondary N) is 1. The summed E-state index contributed by atoms with van der Waals surface area (Å²) in [4.78, 5) is 2.49. The van der Waals surface area contributed by atoms with Crippen molar-refractivity contribution in [2.45, 2.75) is 17.9 Å². The minimum Gasteiger partial charge on any atom is -0.377 e. The van der Waals surface area contributed by atoms with Crippen molar-refractivity contribution in [3.8, 4) is 0 Å². The van der Waals surface area contributed by atoms with Crippen LogP contribution in [0, 0.1) is 0 Å². The summed E-state index contributed by atoms with van der Waals surface area (Å²) >= 11 is 9.39. The van der Waals surface area contributed by atoms with Crippen LogP contribution in [0.25, 0.3) is 0 Å². The molecule has 0 aliphatic heterocycles. The molecule has 0 saturated carbocycles. The molecule has 100 valence electrons. The summed E-state index contributed by atoms with van der Waals surface area (Å²) in [7, 11) is 0. The second-order valence-electron chi connectivity index (χ2n) is 4.10. The van der Waals surface area contributed by atoms with E-state index in [1.807, 2.05) is 12.1 Å². The first-order valence-electron chi connectivity index (χ1n) is 6.05. The first kappa shape index (κ1) is 14.5. The lowest BCUT2D eigenvalue weighted by Crippen LogP contribution is -2.05. The fourth-order valence-electron chi connectivity index (χ4n) is 1.73. The third kappa shape index (κ3) is 4.03. The lowest BCUT2D eigenvalue weighted by atomic mass is 10.2. The van der Waals surface area contributed by atoms with Gasteiger partial charge in [-0.25, -0.2) is 0 Å². The highest BCUT2D eigenvalue weighted by Gasteiger charge is 2.10. The Morgan fingerprint density at radius 1 is 1.37 bits per heavy atom. The van der Waals surface area contributed by atoms with Crippen LogP contribution in [0.4, 0.5) is 5.69 Å². The Labute approximate surface area is 127 Å². The molecule has 1 N–H and O–H groups in total. The molecule has 2 rings (SSSR count). The maximum Gasteiger partial charge on any atom is 0.0932 e. The quantitative estimate of drug-likeness (QED) is 0.530. The Hall–Kier alpha value is -0.900. The fourth-order valence-corrected chi connectivity index (χ4v) is 3.54. The van der Waals surface area contributed by atoms with Gasteiger partial charge >= 0.3 is 0 Å². The number of hydrogen-bond acceptors (Lipinski definition) is 3. The molecule has 2 aromatic rings. The fraction of sp³-hybridized carbons (Fsp3) is 0.200. The first-order chi connectivity index (χ1) is 9.20. The molecule has 0 saturated heterocycles. The van der Waals surface area contributed by atoms with Gasteiger partial charge in [-0.3, -0.25) is 0 Å². The molecule has 0 aliphatic rings. The van der Waals surface area contributed by atoms with E-state index in [4.69, 9.17) is 11.6 Å². The monoisotopic (exact) mass is 309 g/mol. The highest BCUT2D eigenvalue weighted by atomic mass is 35.5. The second kappa shape index (κ2) is 7.04. The van der Waals surface area contributed by atoms with Crippen molar-refractivity contribution in [3.05, 3.63) is 58.3 Å². The Balaban J connectivity index is 2.11. The topological polar surface area (TPSA) is 12.0 Å². The Morgan fingerprint density at radius 2 is 2.16 bits per heavy atom. The van der Waals surface area contributed by atoms with Crippen LogP contribution in [-0.4, -0.2) is 5.75 Å².